The first-order valence-electron chi connectivity index (χ1n) is 7.92. The summed E-state index contributed by atoms with van der Waals surface area (Å²) in [5, 5.41) is 6.85. The standard InChI is InChI=1S/C17H16N6O2/c1-11-4-2-3-5-13(11)20-17(24)23-9-12(10-23)16-21-15(22-25-16)14-8-18-6-7-19-14/h2-8,12H,9-10H2,1H3,(H,20,24). The Morgan fingerprint density at radius 3 is 2.88 bits per heavy atom. The number of anilines is 1. The van der Waals surface area contributed by atoms with Crippen molar-refractivity contribution in [1.29, 1.82) is 0 Å². The van der Waals surface area contributed by atoms with Crippen LogP contribution < -0.4 is 5.32 Å². The van der Waals surface area contributed by atoms with E-state index in [4.69, 9.17) is 4.52 Å². The summed E-state index contributed by atoms with van der Waals surface area (Å²) in [6, 6.07) is 7.55. The van der Waals surface area contributed by atoms with Gasteiger partial charge in [0.1, 0.15) is 5.69 Å². The zero-order valence-corrected chi connectivity index (χ0v) is 13.6. The molecule has 8 heteroatoms. The van der Waals surface area contributed by atoms with E-state index in [2.05, 4.69) is 25.4 Å². The van der Waals surface area contributed by atoms with E-state index in [1.165, 1.54) is 0 Å². The van der Waals surface area contributed by atoms with Gasteiger partial charge in [0.05, 0.1) is 12.1 Å². The number of aromatic nitrogens is 4. The monoisotopic (exact) mass is 336 g/mol. The van der Waals surface area contributed by atoms with Crippen LogP contribution in [0.25, 0.3) is 11.5 Å². The molecule has 0 spiro atoms. The van der Waals surface area contributed by atoms with Crippen LogP contribution in [0, 0.1) is 6.92 Å². The van der Waals surface area contributed by atoms with Crippen molar-refractivity contribution in [2.45, 2.75) is 12.8 Å². The number of amides is 2. The fourth-order valence-electron chi connectivity index (χ4n) is 2.63. The van der Waals surface area contributed by atoms with E-state index in [0.29, 0.717) is 30.5 Å². The molecule has 1 aliphatic rings. The molecule has 0 bridgehead atoms. The van der Waals surface area contributed by atoms with Gasteiger partial charge in [0.25, 0.3) is 0 Å². The summed E-state index contributed by atoms with van der Waals surface area (Å²) in [5.41, 5.74) is 2.41. The van der Waals surface area contributed by atoms with Crippen molar-refractivity contribution in [1.82, 2.24) is 25.0 Å². The molecule has 2 aromatic heterocycles. The molecule has 0 unspecified atom stereocenters. The summed E-state index contributed by atoms with van der Waals surface area (Å²) in [6.45, 7) is 3.04. The number of aryl methyl sites for hydroxylation is 1. The van der Waals surface area contributed by atoms with Crippen molar-refractivity contribution in [3.8, 4) is 11.5 Å². The average molecular weight is 336 g/mol. The highest BCUT2D eigenvalue weighted by atomic mass is 16.5. The van der Waals surface area contributed by atoms with E-state index >= 15 is 0 Å². The van der Waals surface area contributed by atoms with E-state index in [1.807, 2.05) is 31.2 Å². The normalized spacial score (nSPS) is 14.2. The molecular weight excluding hydrogens is 320 g/mol. The van der Waals surface area contributed by atoms with E-state index in [-0.39, 0.29) is 11.9 Å². The Bertz CT molecular complexity index is 889. The van der Waals surface area contributed by atoms with Gasteiger partial charge < -0.3 is 14.7 Å². The zero-order chi connectivity index (χ0) is 17.2. The maximum absolute atomic E-state index is 12.3. The van der Waals surface area contributed by atoms with Gasteiger partial charge in [-0.2, -0.15) is 4.98 Å². The largest absolute Gasteiger partial charge is 0.338 e. The minimum atomic E-state index is -0.126. The van der Waals surface area contributed by atoms with E-state index in [9.17, 15) is 4.79 Å². The molecule has 0 saturated carbocycles. The molecule has 1 aromatic carbocycles. The molecule has 126 valence electrons. The number of nitrogens with one attached hydrogen (secondary N) is 1. The third-order valence-corrected chi connectivity index (χ3v) is 4.14. The fourth-order valence-corrected chi connectivity index (χ4v) is 2.63. The Morgan fingerprint density at radius 1 is 1.28 bits per heavy atom. The molecule has 1 aliphatic heterocycles. The van der Waals surface area contributed by atoms with Crippen LogP contribution in [0.1, 0.15) is 17.4 Å². The van der Waals surface area contributed by atoms with Crippen LogP contribution in [-0.4, -0.2) is 44.1 Å². The predicted molar refractivity (Wildman–Crippen MR) is 89.8 cm³/mol. The Hall–Kier alpha value is -3.29. The molecule has 1 N–H and O–H groups in total. The summed E-state index contributed by atoms with van der Waals surface area (Å²) in [6.07, 6.45) is 4.74. The molecule has 4 rings (SSSR count). The summed E-state index contributed by atoms with van der Waals surface area (Å²) in [4.78, 5) is 26.5. The van der Waals surface area contributed by atoms with Gasteiger partial charge in [0.2, 0.25) is 11.7 Å². The number of nitrogens with zero attached hydrogens (tertiary/aromatic N) is 5. The Kier molecular flexibility index (Phi) is 3.85. The van der Waals surface area contributed by atoms with Crippen LogP contribution in [-0.2, 0) is 0 Å². The lowest BCUT2D eigenvalue weighted by Crippen LogP contribution is -2.50. The topological polar surface area (TPSA) is 97.0 Å². The van der Waals surface area contributed by atoms with Crippen LogP contribution in [0.4, 0.5) is 10.5 Å². The van der Waals surface area contributed by atoms with Gasteiger partial charge in [0, 0.05) is 31.2 Å². The predicted octanol–water partition coefficient (Wildman–Crippen LogP) is 2.47. The second-order valence-corrected chi connectivity index (χ2v) is 5.89. The van der Waals surface area contributed by atoms with Gasteiger partial charge in [-0.1, -0.05) is 23.4 Å². The maximum atomic E-state index is 12.3. The molecule has 0 atom stereocenters. The number of hydrogen-bond donors (Lipinski definition) is 1. The first-order valence-corrected chi connectivity index (χ1v) is 7.92. The highest BCUT2D eigenvalue weighted by Crippen LogP contribution is 2.28. The molecule has 8 nitrogen and oxygen atoms in total. The summed E-state index contributed by atoms with van der Waals surface area (Å²) < 4.78 is 5.30. The molecule has 0 aliphatic carbocycles. The molecule has 3 heterocycles. The smallest absolute Gasteiger partial charge is 0.321 e. The van der Waals surface area contributed by atoms with Gasteiger partial charge in [-0.25, -0.2) is 9.78 Å². The number of para-hydroxylation sites is 1. The minimum Gasteiger partial charge on any atom is -0.338 e. The van der Waals surface area contributed by atoms with Gasteiger partial charge in [-0.05, 0) is 18.6 Å². The first-order chi connectivity index (χ1) is 12.2. The highest BCUT2D eigenvalue weighted by molar-refractivity contribution is 5.90. The molecular formula is C17H16N6O2. The Morgan fingerprint density at radius 2 is 2.12 bits per heavy atom. The van der Waals surface area contributed by atoms with Crippen molar-refractivity contribution >= 4 is 11.7 Å². The van der Waals surface area contributed by atoms with Crippen LogP contribution in [0.2, 0.25) is 0 Å². The average Bonchev–Trinajstić information content (AvgIpc) is 3.06. The quantitative estimate of drug-likeness (QED) is 0.789. The number of urea groups is 1. The summed E-state index contributed by atoms with van der Waals surface area (Å²) in [7, 11) is 0. The molecule has 1 fully saturated rings. The number of likely N-dealkylation sites (tertiary alicyclic amines) is 1. The number of carbonyl (C=O) groups is 1. The molecule has 0 radical (unpaired) electrons. The van der Waals surface area contributed by atoms with E-state index in [1.54, 1.807) is 23.5 Å². The maximum Gasteiger partial charge on any atom is 0.321 e. The van der Waals surface area contributed by atoms with E-state index < -0.39 is 0 Å². The van der Waals surface area contributed by atoms with Gasteiger partial charge in [0.15, 0.2) is 0 Å². The lowest BCUT2D eigenvalue weighted by atomic mass is 10.0. The van der Waals surface area contributed by atoms with Crippen molar-refractivity contribution < 1.29 is 9.32 Å². The van der Waals surface area contributed by atoms with Crippen molar-refractivity contribution in [2.75, 3.05) is 18.4 Å². The molecule has 1 saturated heterocycles. The number of carbonyl (C=O) groups excluding carboxylic acids is 1. The van der Waals surface area contributed by atoms with Crippen LogP contribution in [0.5, 0.6) is 0 Å². The lowest BCUT2D eigenvalue weighted by molar-refractivity contribution is 0.147. The fraction of sp³-hybridized carbons (Fsp3) is 0.235. The second kappa shape index (κ2) is 6.31. The Balaban J connectivity index is 1.37. The third kappa shape index (κ3) is 3.06. The van der Waals surface area contributed by atoms with Crippen molar-refractivity contribution in [3.63, 3.8) is 0 Å². The van der Waals surface area contributed by atoms with Crippen LogP contribution >= 0.6 is 0 Å². The minimum absolute atomic E-state index is 0.0422. The van der Waals surface area contributed by atoms with Gasteiger partial charge in [-0.15, -0.1) is 0 Å². The molecule has 2 amide bonds. The highest BCUT2D eigenvalue weighted by Gasteiger charge is 2.36. The molecule has 3 aromatic rings. The summed E-state index contributed by atoms with van der Waals surface area (Å²) >= 11 is 0. The first kappa shape index (κ1) is 15.3. The molecule has 25 heavy (non-hydrogen) atoms. The third-order valence-electron chi connectivity index (χ3n) is 4.14. The number of benzene rings is 1. The number of rotatable bonds is 3. The SMILES string of the molecule is Cc1ccccc1NC(=O)N1CC(c2nc(-c3cnccn3)no2)C1. The second-order valence-electron chi connectivity index (χ2n) is 5.89. The van der Waals surface area contributed by atoms with Crippen molar-refractivity contribution in [3.05, 3.63) is 54.3 Å². The Labute approximate surface area is 143 Å². The van der Waals surface area contributed by atoms with Crippen molar-refractivity contribution in [2.24, 2.45) is 0 Å². The summed E-state index contributed by atoms with van der Waals surface area (Å²) in [5.74, 6) is 0.965. The lowest BCUT2D eigenvalue weighted by Gasteiger charge is -2.37. The van der Waals surface area contributed by atoms with Gasteiger partial charge in [-0.3, -0.25) is 4.98 Å². The van der Waals surface area contributed by atoms with Gasteiger partial charge >= 0.3 is 6.03 Å². The number of hydrogen-bond acceptors (Lipinski definition) is 6. The zero-order valence-electron chi connectivity index (χ0n) is 13.6. The van der Waals surface area contributed by atoms with Crippen LogP contribution in [0.3, 0.4) is 0 Å². The van der Waals surface area contributed by atoms with Crippen LogP contribution in [0.15, 0.2) is 47.4 Å². The van der Waals surface area contributed by atoms with E-state index in [0.717, 1.165) is 11.3 Å².